The molecule has 1 amide bonds. The number of hydrogen-bond donors (Lipinski definition) is 0. The molecule has 4 rings (SSSR count). The monoisotopic (exact) mass is 407 g/mol. The number of carbonyl (C=O) groups is 1. The predicted molar refractivity (Wildman–Crippen MR) is 107 cm³/mol. The number of aromatic nitrogens is 1. The van der Waals surface area contributed by atoms with Crippen LogP contribution in [0, 0.1) is 12.7 Å². The molecule has 1 saturated carbocycles. The lowest BCUT2D eigenvalue weighted by atomic mass is 10.1. The number of rotatable bonds is 3. The summed E-state index contributed by atoms with van der Waals surface area (Å²) >= 11 is 7.24. The molecule has 0 bridgehead atoms. The van der Waals surface area contributed by atoms with E-state index in [0.29, 0.717) is 15.9 Å². The second-order valence-electron chi connectivity index (χ2n) is 7.33. The third kappa shape index (κ3) is 3.89. The summed E-state index contributed by atoms with van der Waals surface area (Å²) in [5.41, 5.74) is 1.46. The molecular formula is C20H23ClFN3OS. The van der Waals surface area contributed by atoms with Gasteiger partial charge in [0, 0.05) is 37.8 Å². The van der Waals surface area contributed by atoms with Crippen molar-refractivity contribution in [3.63, 3.8) is 0 Å². The fourth-order valence-electron chi connectivity index (χ4n) is 4.05. The Morgan fingerprint density at radius 2 is 1.93 bits per heavy atom. The van der Waals surface area contributed by atoms with Crippen molar-refractivity contribution in [1.82, 2.24) is 14.8 Å². The van der Waals surface area contributed by atoms with E-state index in [1.807, 2.05) is 11.8 Å². The fourth-order valence-corrected chi connectivity index (χ4v) is 5.26. The van der Waals surface area contributed by atoms with Crippen LogP contribution in [0.2, 0.25) is 5.02 Å². The quantitative estimate of drug-likeness (QED) is 0.745. The van der Waals surface area contributed by atoms with Gasteiger partial charge < -0.3 is 4.90 Å². The van der Waals surface area contributed by atoms with Crippen molar-refractivity contribution in [3.05, 3.63) is 39.6 Å². The Morgan fingerprint density at radius 1 is 1.22 bits per heavy atom. The first-order valence-electron chi connectivity index (χ1n) is 9.49. The second-order valence-corrected chi connectivity index (χ2v) is 8.74. The number of piperazine rings is 1. The molecule has 2 aromatic rings. The summed E-state index contributed by atoms with van der Waals surface area (Å²) in [5, 5.41) is 0.763. The lowest BCUT2D eigenvalue weighted by molar-refractivity contribution is 0.0577. The zero-order valence-electron chi connectivity index (χ0n) is 15.4. The summed E-state index contributed by atoms with van der Waals surface area (Å²) in [6, 6.07) is 5.25. The zero-order valence-corrected chi connectivity index (χ0v) is 17.0. The molecular weight excluding hydrogens is 385 g/mol. The smallest absolute Gasteiger partial charge is 0.265 e. The molecule has 1 saturated heterocycles. The number of aryl methyl sites for hydroxylation is 1. The van der Waals surface area contributed by atoms with Crippen molar-refractivity contribution in [2.24, 2.45) is 0 Å². The van der Waals surface area contributed by atoms with Crippen molar-refractivity contribution in [3.8, 4) is 10.6 Å². The van der Waals surface area contributed by atoms with E-state index in [1.165, 1.54) is 43.1 Å². The Kier molecular flexibility index (Phi) is 5.48. The first-order chi connectivity index (χ1) is 13.0. The largest absolute Gasteiger partial charge is 0.335 e. The van der Waals surface area contributed by atoms with Gasteiger partial charge in [-0.2, -0.15) is 0 Å². The lowest BCUT2D eigenvalue weighted by Crippen LogP contribution is -2.51. The average Bonchev–Trinajstić information content (AvgIpc) is 3.33. The van der Waals surface area contributed by atoms with Crippen LogP contribution < -0.4 is 0 Å². The number of thiazole rings is 1. The van der Waals surface area contributed by atoms with E-state index in [2.05, 4.69) is 9.88 Å². The van der Waals surface area contributed by atoms with E-state index < -0.39 is 5.82 Å². The van der Waals surface area contributed by atoms with E-state index in [4.69, 9.17) is 11.6 Å². The summed E-state index contributed by atoms with van der Waals surface area (Å²) in [5.74, 6) is -0.402. The number of benzene rings is 1. The van der Waals surface area contributed by atoms with Gasteiger partial charge in [0.15, 0.2) is 0 Å². The highest BCUT2D eigenvalue weighted by atomic mass is 35.5. The van der Waals surface area contributed by atoms with Crippen LogP contribution in [-0.2, 0) is 0 Å². The predicted octanol–water partition coefficient (Wildman–Crippen LogP) is 4.61. The molecule has 144 valence electrons. The summed E-state index contributed by atoms with van der Waals surface area (Å²) in [6.07, 6.45) is 5.26. The third-order valence-corrected chi connectivity index (χ3v) is 7.08. The maximum Gasteiger partial charge on any atom is 0.265 e. The van der Waals surface area contributed by atoms with E-state index in [1.54, 1.807) is 12.1 Å². The van der Waals surface area contributed by atoms with E-state index in [0.717, 1.165) is 37.4 Å². The van der Waals surface area contributed by atoms with Gasteiger partial charge in [-0.15, -0.1) is 11.3 Å². The molecule has 2 aliphatic rings. The Balaban J connectivity index is 1.46. The molecule has 0 radical (unpaired) electrons. The molecule has 0 N–H and O–H groups in total. The molecule has 27 heavy (non-hydrogen) atoms. The normalized spacial score (nSPS) is 19.0. The highest BCUT2D eigenvalue weighted by molar-refractivity contribution is 7.17. The minimum absolute atomic E-state index is 0.0514. The van der Waals surface area contributed by atoms with Crippen molar-refractivity contribution < 1.29 is 9.18 Å². The molecule has 0 atom stereocenters. The van der Waals surface area contributed by atoms with Crippen LogP contribution in [-0.4, -0.2) is 52.9 Å². The maximum atomic E-state index is 13.4. The van der Waals surface area contributed by atoms with Gasteiger partial charge in [0.1, 0.15) is 15.7 Å². The summed E-state index contributed by atoms with van der Waals surface area (Å²) in [6.45, 7) is 5.30. The summed E-state index contributed by atoms with van der Waals surface area (Å²) in [4.78, 5) is 22.7. The molecule has 4 nitrogen and oxygen atoms in total. The van der Waals surface area contributed by atoms with E-state index in [9.17, 15) is 9.18 Å². The van der Waals surface area contributed by atoms with Gasteiger partial charge in [-0.1, -0.05) is 24.4 Å². The molecule has 0 spiro atoms. The molecule has 2 heterocycles. The first-order valence-corrected chi connectivity index (χ1v) is 10.7. The van der Waals surface area contributed by atoms with Gasteiger partial charge in [-0.05, 0) is 38.0 Å². The highest BCUT2D eigenvalue weighted by Crippen LogP contribution is 2.31. The van der Waals surface area contributed by atoms with Crippen LogP contribution in [0.15, 0.2) is 18.2 Å². The molecule has 1 aliphatic carbocycles. The summed E-state index contributed by atoms with van der Waals surface area (Å²) < 4.78 is 13.4. The van der Waals surface area contributed by atoms with Crippen LogP contribution in [0.3, 0.4) is 0 Å². The van der Waals surface area contributed by atoms with Gasteiger partial charge in [0.05, 0.1) is 10.7 Å². The van der Waals surface area contributed by atoms with Gasteiger partial charge in [0.25, 0.3) is 5.91 Å². The van der Waals surface area contributed by atoms with Crippen LogP contribution in [0.4, 0.5) is 4.39 Å². The van der Waals surface area contributed by atoms with Gasteiger partial charge in [0.2, 0.25) is 0 Å². The summed E-state index contributed by atoms with van der Waals surface area (Å²) in [7, 11) is 0. The first kappa shape index (κ1) is 18.8. The molecule has 1 aromatic heterocycles. The third-order valence-electron chi connectivity index (χ3n) is 5.60. The Hall–Kier alpha value is -1.50. The van der Waals surface area contributed by atoms with Crippen molar-refractivity contribution >= 4 is 28.8 Å². The molecule has 1 aromatic carbocycles. The zero-order chi connectivity index (χ0) is 19.0. The molecule has 2 fully saturated rings. The Labute approximate surface area is 168 Å². The Bertz CT molecular complexity index is 842. The van der Waals surface area contributed by atoms with Crippen molar-refractivity contribution in [2.45, 2.75) is 38.6 Å². The second kappa shape index (κ2) is 7.86. The molecule has 1 aliphatic heterocycles. The van der Waals surface area contributed by atoms with Gasteiger partial charge in [-0.3, -0.25) is 9.69 Å². The standard InChI is InChI=1S/C20H23ClFN3OS/c1-13-18(27-19(23-13)14-6-7-17(22)16(21)12-14)20(26)25-10-8-24(9-11-25)15-4-2-3-5-15/h6-7,12,15H,2-5,8-11H2,1H3. The number of halogens is 2. The highest BCUT2D eigenvalue weighted by Gasteiger charge is 2.29. The van der Waals surface area contributed by atoms with Crippen LogP contribution >= 0.6 is 22.9 Å². The van der Waals surface area contributed by atoms with Crippen LogP contribution in [0.25, 0.3) is 10.6 Å². The average molecular weight is 408 g/mol. The number of hydrogen-bond acceptors (Lipinski definition) is 4. The lowest BCUT2D eigenvalue weighted by Gasteiger charge is -2.37. The van der Waals surface area contributed by atoms with Gasteiger partial charge in [-0.25, -0.2) is 9.37 Å². The minimum atomic E-state index is -0.454. The van der Waals surface area contributed by atoms with Crippen molar-refractivity contribution in [2.75, 3.05) is 26.2 Å². The minimum Gasteiger partial charge on any atom is -0.335 e. The molecule has 7 heteroatoms. The van der Waals surface area contributed by atoms with E-state index >= 15 is 0 Å². The topological polar surface area (TPSA) is 36.4 Å². The Morgan fingerprint density at radius 3 is 2.59 bits per heavy atom. The number of carbonyl (C=O) groups excluding carboxylic acids is 1. The SMILES string of the molecule is Cc1nc(-c2ccc(F)c(Cl)c2)sc1C(=O)N1CCN(C2CCCC2)CC1. The molecule has 0 unspecified atom stereocenters. The number of amides is 1. The van der Waals surface area contributed by atoms with E-state index in [-0.39, 0.29) is 10.9 Å². The maximum absolute atomic E-state index is 13.4. The number of nitrogens with zero attached hydrogens (tertiary/aromatic N) is 3. The van der Waals surface area contributed by atoms with Crippen LogP contribution in [0.1, 0.15) is 41.0 Å². The van der Waals surface area contributed by atoms with Crippen LogP contribution in [0.5, 0.6) is 0 Å². The fraction of sp³-hybridized carbons (Fsp3) is 0.500. The van der Waals surface area contributed by atoms with Crippen molar-refractivity contribution in [1.29, 1.82) is 0 Å². The van der Waals surface area contributed by atoms with Gasteiger partial charge >= 0.3 is 0 Å².